The molecule has 0 aliphatic carbocycles. The van der Waals surface area contributed by atoms with Crippen LogP contribution in [0.4, 0.5) is 0 Å². The molecule has 0 atom stereocenters. The summed E-state index contributed by atoms with van der Waals surface area (Å²) in [6.45, 7) is 5.06. The lowest BCUT2D eigenvalue weighted by Gasteiger charge is -2.14. The average molecular weight is 399 g/mol. The number of hydrogen-bond acceptors (Lipinski definition) is 6. The van der Waals surface area contributed by atoms with Gasteiger partial charge in [-0.1, -0.05) is 38.1 Å². The normalized spacial score (nSPS) is 10.4. The molecule has 0 saturated carbocycles. The fourth-order valence-electron chi connectivity index (χ4n) is 2.63. The maximum Gasteiger partial charge on any atom is 0.344 e. The number of nitrogens with one attached hydrogen (secondary N) is 1. The molecule has 2 aromatic rings. The average Bonchev–Trinajstić information content (AvgIpc) is 2.70. The molecule has 0 heterocycles. The van der Waals surface area contributed by atoms with Gasteiger partial charge in [-0.3, -0.25) is 14.9 Å². The first kappa shape index (κ1) is 21.9. The SMILES string of the molecule is COc1ccccc1C(=O)NC(=O)COC(=O)COc1cc(C)ccc1C(C)C. The van der Waals surface area contributed by atoms with Gasteiger partial charge in [-0.05, 0) is 42.2 Å². The number of esters is 1. The van der Waals surface area contributed by atoms with Gasteiger partial charge in [0.1, 0.15) is 11.5 Å². The highest BCUT2D eigenvalue weighted by molar-refractivity contribution is 6.06. The molecule has 0 aromatic heterocycles. The van der Waals surface area contributed by atoms with Crippen LogP contribution in [-0.2, 0) is 14.3 Å². The van der Waals surface area contributed by atoms with Crippen LogP contribution in [0.25, 0.3) is 0 Å². The van der Waals surface area contributed by atoms with Crippen LogP contribution < -0.4 is 14.8 Å². The van der Waals surface area contributed by atoms with E-state index in [0.29, 0.717) is 11.5 Å². The van der Waals surface area contributed by atoms with Crippen LogP contribution in [0.1, 0.15) is 41.3 Å². The van der Waals surface area contributed by atoms with Crippen molar-refractivity contribution < 1.29 is 28.6 Å². The first-order valence-electron chi connectivity index (χ1n) is 9.18. The van der Waals surface area contributed by atoms with Gasteiger partial charge in [-0.25, -0.2) is 4.79 Å². The molecule has 2 rings (SSSR count). The highest BCUT2D eigenvalue weighted by atomic mass is 16.6. The van der Waals surface area contributed by atoms with Crippen molar-refractivity contribution in [3.63, 3.8) is 0 Å². The maximum absolute atomic E-state index is 12.1. The van der Waals surface area contributed by atoms with E-state index in [9.17, 15) is 14.4 Å². The van der Waals surface area contributed by atoms with Gasteiger partial charge >= 0.3 is 5.97 Å². The fraction of sp³-hybridized carbons (Fsp3) is 0.318. The lowest BCUT2D eigenvalue weighted by Crippen LogP contribution is -2.34. The predicted octanol–water partition coefficient (Wildman–Crippen LogP) is 3.01. The van der Waals surface area contributed by atoms with Crippen molar-refractivity contribution >= 4 is 17.8 Å². The Balaban J connectivity index is 1.84. The fourth-order valence-corrected chi connectivity index (χ4v) is 2.63. The van der Waals surface area contributed by atoms with Crippen molar-refractivity contribution in [2.75, 3.05) is 20.3 Å². The van der Waals surface area contributed by atoms with Gasteiger partial charge in [0, 0.05) is 0 Å². The third-order valence-electron chi connectivity index (χ3n) is 4.11. The number of hydrogen-bond donors (Lipinski definition) is 1. The number of ether oxygens (including phenoxy) is 3. The van der Waals surface area contributed by atoms with E-state index in [1.165, 1.54) is 13.2 Å². The van der Waals surface area contributed by atoms with Gasteiger partial charge in [0.05, 0.1) is 12.7 Å². The minimum atomic E-state index is -0.743. The highest BCUT2D eigenvalue weighted by Crippen LogP contribution is 2.27. The van der Waals surface area contributed by atoms with Crippen LogP contribution in [-0.4, -0.2) is 38.1 Å². The number of benzene rings is 2. The molecule has 2 amide bonds. The summed E-state index contributed by atoms with van der Waals surface area (Å²) in [6.07, 6.45) is 0. The topological polar surface area (TPSA) is 90.9 Å². The number of methoxy groups -OCH3 is 1. The smallest absolute Gasteiger partial charge is 0.344 e. The Labute approximate surface area is 170 Å². The van der Waals surface area contributed by atoms with E-state index >= 15 is 0 Å². The first-order chi connectivity index (χ1) is 13.8. The third-order valence-corrected chi connectivity index (χ3v) is 4.11. The van der Waals surface area contributed by atoms with Gasteiger partial charge in [-0.2, -0.15) is 0 Å². The molecule has 7 nitrogen and oxygen atoms in total. The largest absolute Gasteiger partial charge is 0.496 e. The quantitative estimate of drug-likeness (QED) is 0.686. The number of amides is 2. The van der Waals surface area contributed by atoms with Crippen LogP contribution in [0.3, 0.4) is 0 Å². The molecule has 29 heavy (non-hydrogen) atoms. The summed E-state index contributed by atoms with van der Waals surface area (Å²) in [4.78, 5) is 36.0. The minimum absolute atomic E-state index is 0.207. The van der Waals surface area contributed by atoms with E-state index in [4.69, 9.17) is 14.2 Å². The molecule has 0 unspecified atom stereocenters. The second kappa shape index (κ2) is 10.3. The predicted molar refractivity (Wildman–Crippen MR) is 107 cm³/mol. The Hall–Kier alpha value is -3.35. The molecule has 154 valence electrons. The minimum Gasteiger partial charge on any atom is -0.496 e. The van der Waals surface area contributed by atoms with Crippen molar-refractivity contribution in [3.8, 4) is 11.5 Å². The van der Waals surface area contributed by atoms with Gasteiger partial charge in [0.25, 0.3) is 11.8 Å². The van der Waals surface area contributed by atoms with Gasteiger partial charge in [0.2, 0.25) is 0 Å². The Bertz CT molecular complexity index is 891. The molecular weight excluding hydrogens is 374 g/mol. The van der Waals surface area contributed by atoms with Crippen LogP contribution in [0.2, 0.25) is 0 Å². The number of carbonyl (C=O) groups excluding carboxylic acids is 3. The monoisotopic (exact) mass is 399 g/mol. The van der Waals surface area contributed by atoms with E-state index in [2.05, 4.69) is 5.32 Å². The number of aryl methyl sites for hydroxylation is 1. The van der Waals surface area contributed by atoms with Gasteiger partial charge in [0.15, 0.2) is 13.2 Å². The van der Waals surface area contributed by atoms with Crippen molar-refractivity contribution in [3.05, 3.63) is 59.2 Å². The third kappa shape index (κ3) is 6.34. The van der Waals surface area contributed by atoms with Gasteiger partial charge in [-0.15, -0.1) is 0 Å². The summed E-state index contributed by atoms with van der Waals surface area (Å²) in [5.74, 6) is -0.918. The summed E-state index contributed by atoms with van der Waals surface area (Å²) in [5, 5.41) is 2.16. The second-order valence-corrected chi connectivity index (χ2v) is 6.72. The Morgan fingerprint density at radius 1 is 1.00 bits per heavy atom. The molecule has 1 N–H and O–H groups in total. The Morgan fingerprint density at radius 2 is 1.72 bits per heavy atom. The molecule has 7 heteroatoms. The molecule has 0 aliphatic heterocycles. The first-order valence-corrected chi connectivity index (χ1v) is 9.18. The van der Waals surface area contributed by atoms with E-state index in [1.54, 1.807) is 18.2 Å². The molecule has 0 spiro atoms. The Morgan fingerprint density at radius 3 is 2.41 bits per heavy atom. The van der Waals surface area contributed by atoms with E-state index in [0.717, 1.165) is 11.1 Å². The summed E-state index contributed by atoms with van der Waals surface area (Å²) in [7, 11) is 1.43. The summed E-state index contributed by atoms with van der Waals surface area (Å²) in [6, 6.07) is 12.3. The lowest BCUT2D eigenvalue weighted by molar-refractivity contribution is -0.150. The van der Waals surface area contributed by atoms with Crippen molar-refractivity contribution in [2.24, 2.45) is 0 Å². The molecule has 0 bridgehead atoms. The number of carbonyl (C=O) groups is 3. The van der Waals surface area contributed by atoms with Crippen LogP contribution in [0.15, 0.2) is 42.5 Å². The van der Waals surface area contributed by atoms with Crippen molar-refractivity contribution in [1.29, 1.82) is 0 Å². The van der Waals surface area contributed by atoms with Crippen molar-refractivity contribution in [1.82, 2.24) is 5.32 Å². The zero-order valence-corrected chi connectivity index (χ0v) is 17.0. The number of rotatable bonds is 8. The molecule has 0 aliphatic rings. The molecule has 0 radical (unpaired) electrons. The summed E-state index contributed by atoms with van der Waals surface area (Å²) >= 11 is 0. The van der Waals surface area contributed by atoms with Crippen LogP contribution >= 0.6 is 0 Å². The van der Waals surface area contributed by atoms with Gasteiger partial charge < -0.3 is 14.2 Å². The molecular formula is C22H25NO6. The van der Waals surface area contributed by atoms with Crippen LogP contribution in [0, 0.1) is 6.92 Å². The summed E-state index contributed by atoms with van der Waals surface area (Å²) < 4.78 is 15.5. The zero-order valence-electron chi connectivity index (χ0n) is 17.0. The number of imide groups is 1. The maximum atomic E-state index is 12.1. The highest BCUT2D eigenvalue weighted by Gasteiger charge is 2.16. The van der Waals surface area contributed by atoms with E-state index < -0.39 is 24.4 Å². The van der Waals surface area contributed by atoms with E-state index in [-0.39, 0.29) is 18.1 Å². The lowest BCUT2D eigenvalue weighted by atomic mass is 10.0. The molecule has 0 fully saturated rings. The van der Waals surface area contributed by atoms with E-state index in [1.807, 2.05) is 39.0 Å². The molecule has 0 saturated heterocycles. The standard InChI is InChI=1S/C22H25NO6/c1-14(2)16-10-9-15(3)11-19(16)28-13-21(25)29-12-20(24)23-22(26)17-7-5-6-8-18(17)27-4/h5-11,14H,12-13H2,1-4H3,(H,23,24,26). The second-order valence-electron chi connectivity index (χ2n) is 6.72. The summed E-state index contributed by atoms with van der Waals surface area (Å²) in [5.41, 5.74) is 2.19. The van der Waals surface area contributed by atoms with Crippen LogP contribution in [0.5, 0.6) is 11.5 Å². The Kier molecular flexibility index (Phi) is 7.77. The number of para-hydroxylation sites is 1. The molecule has 2 aromatic carbocycles. The zero-order chi connectivity index (χ0) is 21.4. The van der Waals surface area contributed by atoms with Crippen molar-refractivity contribution in [2.45, 2.75) is 26.7 Å².